The summed E-state index contributed by atoms with van der Waals surface area (Å²) in [5, 5.41) is 3.24. The van der Waals surface area contributed by atoms with Crippen molar-refractivity contribution in [1.82, 2.24) is 15.1 Å². The molecule has 2 aliphatic heterocycles. The molecule has 3 rings (SSSR count). The number of hydrogen-bond acceptors (Lipinski definition) is 4. The summed E-state index contributed by atoms with van der Waals surface area (Å²) in [5.41, 5.74) is 0. The fourth-order valence-electron chi connectivity index (χ4n) is 4.34. The molecule has 3 aliphatic rings. The van der Waals surface area contributed by atoms with Crippen molar-refractivity contribution in [3.8, 4) is 0 Å². The minimum absolute atomic E-state index is 0.129. The van der Waals surface area contributed by atoms with Crippen LogP contribution in [0.1, 0.15) is 46.0 Å². The number of amides is 2. The Kier molecular flexibility index (Phi) is 6.34. The smallest absolute Gasteiger partial charge is 0.251 e. The lowest BCUT2D eigenvalue weighted by molar-refractivity contribution is -0.142. The van der Waals surface area contributed by atoms with E-state index in [9.17, 15) is 9.59 Å². The van der Waals surface area contributed by atoms with Gasteiger partial charge in [0.25, 0.3) is 5.91 Å². The van der Waals surface area contributed by atoms with E-state index < -0.39 is 0 Å². The van der Waals surface area contributed by atoms with Crippen LogP contribution in [-0.4, -0.2) is 73.1 Å². The summed E-state index contributed by atoms with van der Waals surface area (Å²) in [6, 6.07) is 0.318. The summed E-state index contributed by atoms with van der Waals surface area (Å²) in [7, 11) is 0. The molecule has 1 saturated carbocycles. The van der Waals surface area contributed by atoms with Crippen LogP contribution >= 0.6 is 0 Å². The van der Waals surface area contributed by atoms with Crippen molar-refractivity contribution in [1.29, 1.82) is 0 Å². The lowest BCUT2D eigenvalue weighted by Crippen LogP contribution is -2.54. The molecule has 0 spiro atoms. The van der Waals surface area contributed by atoms with Gasteiger partial charge in [0.15, 0.2) is 0 Å². The summed E-state index contributed by atoms with van der Waals surface area (Å²) < 4.78 is 5.49. The summed E-state index contributed by atoms with van der Waals surface area (Å²) in [6.07, 6.45) is 5.17. The number of piperazine rings is 1. The third kappa shape index (κ3) is 4.73. The van der Waals surface area contributed by atoms with Crippen LogP contribution in [0.4, 0.5) is 0 Å². The molecule has 1 aliphatic carbocycles. The van der Waals surface area contributed by atoms with Gasteiger partial charge in [-0.1, -0.05) is 26.7 Å². The molecule has 142 valence electrons. The van der Waals surface area contributed by atoms with E-state index in [1.807, 2.05) is 4.90 Å². The Morgan fingerprint density at radius 2 is 1.80 bits per heavy atom. The van der Waals surface area contributed by atoms with Crippen LogP contribution in [0, 0.1) is 11.8 Å². The second-order valence-electron chi connectivity index (χ2n) is 8.04. The van der Waals surface area contributed by atoms with Crippen LogP contribution in [0.5, 0.6) is 0 Å². The minimum atomic E-state index is -0.232. The third-order valence-electron chi connectivity index (χ3n) is 6.31. The van der Waals surface area contributed by atoms with Crippen LogP contribution in [-0.2, 0) is 14.3 Å². The maximum absolute atomic E-state index is 12.4. The second kappa shape index (κ2) is 8.49. The van der Waals surface area contributed by atoms with Gasteiger partial charge in [0.2, 0.25) is 5.91 Å². The van der Waals surface area contributed by atoms with Gasteiger partial charge < -0.3 is 15.0 Å². The molecule has 0 aromatic rings. The molecule has 6 heteroatoms. The molecule has 6 nitrogen and oxygen atoms in total. The molecule has 1 N–H and O–H groups in total. The van der Waals surface area contributed by atoms with Crippen molar-refractivity contribution in [3.05, 3.63) is 0 Å². The molecule has 0 aromatic heterocycles. The Hall–Kier alpha value is -1.14. The van der Waals surface area contributed by atoms with Crippen molar-refractivity contribution in [2.45, 2.75) is 58.1 Å². The monoisotopic (exact) mass is 351 g/mol. The molecule has 0 aromatic carbocycles. The van der Waals surface area contributed by atoms with E-state index in [-0.39, 0.29) is 17.9 Å². The van der Waals surface area contributed by atoms with Crippen molar-refractivity contribution in [2.24, 2.45) is 11.8 Å². The molecule has 4 atom stereocenters. The Labute approximate surface area is 151 Å². The van der Waals surface area contributed by atoms with E-state index in [4.69, 9.17) is 4.74 Å². The van der Waals surface area contributed by atoms with Gasteiger partial charge in [-0.25, -0.2) is 0 Å². The first kappa shape index (κ1) is 18.6. The molecular weight excluding hydrogens is 318 g/mol. The standard InChI is InChI=1S/C19H33N3O3/c1-14-5-3-6-16(15(14)2)20-18(23)13-21-8-10-22(11-9-21)19(24)17-7-4-12-25-17/h14-17H,3-13H2,1-2H3,(H,20,23). The van der Waals surface area contributed by atoms with Gasteiger partial charge in [-0.3, -0.25) is 14.5 Å². The lowest BCUT2D eigenvalue weighted by atomic mass is 9.78. The zero-order valence-corrected chi connectivity index (χ0v) is 15.7. The van der Waals surface area contributed by atoms with Gasteiger partial charge >= 0.3 is 0 Å². The molecule has 25 heavy (non-hydrogen) atoms. The van der Waals surface area contributed by atoms with E-state index in [0.29, 0.717) is 44.1 Å². The van der Waals surface area contributed by atoms with E-state index in [2.05, 4.69) is 24.1 Å². The first-order valence-electron chi connectivity index (χ1n) is 9.96. The fourth-order valence-corrected chi connectivity index (χ4v) is 4.34. The molecule has 2 heterocycles. The first-order valence-corrected chi connectivity index (χ1v) is 9.96. The maximum atomic E-state index is 12.4. The molecule has 2 amide bonds. The number of ether oxygens (including phenoxy) is 1. The quantitative estimate of drug-likeness (QED) is 0.828. The number of rotatable bonds is 4. The fraction of sp³-hybridized carbons (Fsp3) is 0.895. The zero-order valence-electron chi connectivity index (χ0n) is 15.7. The molecule has 0 radical (unpaired) electrons. The summed E-state index contributed by atoms with van der Waals surface area (Å²) >= 11 is 0. The Balaban J connectivity index is 1.39. The zero-order chi connectivity index (χ0) is 17.8. The Bertz CT molecular complexity index is 471. The van der Waals surface area contributed by atoms with E-state index >= 15 is 0 Å². The van der Waals surface area contributed by atoms with Gasteiger partial charge in [0.1, 0.15) is 6.10 Å². The van der Waals surface area contributed by atoms with Crippen LogP contribution in [0.3, 0.4) is 0 Å². The number of nitrogens with one attached hydrogen (secondary N) is 1. The predicted molar refractivity (Wildman–Crippen MR) is 96.1 cm³/mol. The predicted octanol–water partition coefficient (Wildman–Crippen LogP) is 1.25. The van der Waals surface area contributed by atoms with Gasteiger partial charge in [-0.2, -0.15) is 0 Å². The Morgan fingerprint density at radius 1 is 1.04 bits per heavy atom. The highest BCUT2D eigenvalue weighted by Crippen LogP contribution is 2.29. The van der Waals surface area contributed by atoms with Gasteiger partial charge in [-0.15, -0.1) is 0 Å². The number of hydrogen-bond donors (Lipinski definition) is 1. The average molecular weight is 351 g/mol. The normalized spacial score (nSPS) is 34.1. The van der Waals surface area contributed by atoms with Crippen molar-refractivity contribution in [2.75, 3.05) is 39.3 Å². The number of carbonyl (C=O) groups is 2. The van der Waals surface area contributed by atoms with E-state index in [0.717, 1.165) is 32.4 Å². The van der Waals surface area contributed by atoms with Crippen LogP contribution in [0.15, 0.2) is 0 Å². The highest BCUT2D eigenvalue weighted by Gasteiger charge is 2.31. The lowest BCUT2D eigenvalue weighted by Gasteiger charge is -2.37. The summed E-state index contributed by atoms with van der Waals surface area (Å²) in [6.45, 7) is 8.61. The van der Waals surface area contributed by atoms with Gasteiger partial charge in [-0.05, 0) is 31.1 Å². The van der Waals surface area contributed by atoms with Crippen molar-refractivity contribution < 1.29 is 14.3 Å². The molecule has 2 saturated heterocycles. The molecular formula is C19H33N3O3. The Morgan fingerprint density at radius 3 is 2.48 bits per heavy atom. The van der Waals surface area contributed by atoms with Crippen LogP contribution < -0.4 is 5.32 Å². The largest absolute Gasteiger partial charge is 0.368 e. The van der Waals surface area contributed by atoms with Gasteiger partial charge in [0.05, 0.1) is 6.54 Å². The van der Waals surface area contributed by atoms with Crippen LogP contribution in [0.25, 0.3) is 0 Å². The van der Waals surface area contributed by atoms with Crippen LogP contribution in [0.2, 0.25) is 0 Å². The SMILES string of the molecule is CC1CCCC(NC(=O)CN2CCN(C(=O)C3CCCO3)CC2)C1C. The van der Waals surface area contributed by atoms with Crippen molar-refractivity contribution in [3.63, 3.8) is 0 Å². The van der Waals surface area contributed by atoms with Gasteiger partial charge in [0, 0.05) is 38.8 Å². The first-order chi connectivity index (χ1) is 12.0. The highest BCUT2D eigenvalue weighted by atomic mass is 16.5. The number of carbonyl (C=O) groups excluding carboxylic acids is 2. The summed E-state index contributed by atoms with van der Waals surface area (Å²) in [4.78, 5) is 28.8. The topological polar surface area (TPSA) is 61.9 Å². The number of nitrogens with zero attached hydrogens (tertiary/aromatic N) is 2. The molecule has 4 unspecified atom stereocenters. The van der Waals surface area contributed by atoms with E-state index in [1.165, 1.54) is 12.8 Å². The minimum Gasteiger partial charge on any atom is -0.368 e. The molecule has 0 bridgehead atoms. The third-order valence-corrected chi connectivity index (χ3v) is 6.31. The second-order valence-corrected chi connectivity index (χ2v) is 8.04. The summed E-state index contributed by atoms with van der Waals surface area (Å²) in [5.74, 6) is 1.50. The highest BCUT2D eigenvalue weighted by molar-refractivity contribution is 5.81. The molecule has 3 fully saturated rings. The van der Waals surface area contributed by atoms with E-state index in [1.54, 1.807) is 0 Å². The average Bonchev–Trinajstić information content (AvgIpc) is 3.13. The maximum Gasteiger partial charge on any atom is 0.251 e. The van der Waals surface area contributed by atoms with Crippen molar-refractivity contribution >= 4 is 11.8 Å².